The predicted molar refractivity (Wildman–Crippen MR) is 96.8 cm³/mol. The molecule has 1 atom stereocenters. The summed E-state index contributed by atoms with van der Waals surface area (Å²) in [6.07, 6.45) is 2.37. The molecule has 2 heterocycles. The average molecular weight is 395 g/mol. The van der Waals surface area contributed by atoms with E-state index in [-0.39, 0.29) is 6.54 Å². The summed E-state index contributed by atoms with van der Waals surface area (Å²) in [7, 11) is 0. The third kappa shape index (κ3) is 4.51. The molecule has 27 heavy (non-hydrogen) atoms. The summed E-state index contributed by atoms with van der Waals surface area (Å²) in [4.78, 5) is 36.6. The van der Waals surface area contributed by atoms with Gasteiger partial charge in [-0.15, -0.1) is 0 Å². The predicted octanol–water partition coefficient (Wildman–Crippen LogP) is 2.00. The van der Waals surface area contributed by atoms with Crippen LogP contribution in [0.4, 0.5) is 4.79 Å². The quantitative estimate of drug-likeness (QED) is 0.620. The minimum atomic E-state index is -1.07. The maximum atomic E-state index is 12.1. The Morgan fingerprint density at radius 3 is 2.85 bits per heavy atom. The number of hydrogen-bond donors (Lipinski definition) is 1. The van der Waals surface area contributed by atoms with Crippen molar-refractivity contribution < 1.29 is 28.6 Å². The van der Waals surface area contributed by atoms with Crippen LogP contribution in [0.15, 0.2) is 18.2 Å². The van der Waals surface area contributed by atoms with Crippen LogP contribution in [0, 0.1) is 0 Å². The molecule has 0 spiro atoms. The Hall–Kier alpha value is -2.74. The van der Waals surface area contributed by atoms with Gasteiger partial charge in [-0.1, -0.05) is 11.6 Å². The summed E-state index contributed by atoms with van der Waals surface area (Å²) in [6, 6.07) is 2.86. The summed E-state index contributed by atoms with van der Waals surface area (Å²) in [5.74, 6) is -0.280. The molecule has 0 aliphatic carbocycles. The van der Waals surface area contributed by atoms with E-state index in [1.807, 2.05) is 0 Å². The van der Waals surface area contributed by atoms with E-state index in [4.69, 9.17) is 25.8 Å². The summed E-state index contributed by atoms with van der Waals surface area (Å²) in [5.41, 5.74) is 0.624. The third-order valence-electron chi connectivity index (χ3n) is 4.00. The van der Waals surface area contributed by atoms with Crippen LogP contribution in [0.3, 0.4) is 0 Å². The van der Waals surface area contributed by atoms with Gasteiger partial charge in [-0.25, -0.2) is 9.59 Å². The van der Waals surface area contributed by atoms with Crippen LogP contribution in [0.1, 0.15) is 18.9 Å². The van der Waals surface area contributed by atoms with E-state index in [1.165, 1.54) is 19.1 Å². The highest BCUT2D eigenvalue weighted by Gasteiger charge is 2.31. The standard InChI is InChI=1S/C18H19ClN2O6/c1-11(17(23)21-6-5-20-18(21)24)27-15(22)4-3-12-9-13(19)16-14(10-12)25-7-2-8-26-16/h3-4,9-11H,2,5-8H2,1H3,(H,20,24)/b4-3+/t11-/m0/s1. The smallest absolute Gasteiger partial charge is 0.331 e. The van der Waals surface area contributed by atoms with Crippen molar-refractivity contribution in [3.8, 4) is 11.5 Å². The van der Waals surface area contributed by atoms with E-state index >= 15 is 0 Å². The summed E-state index contributed by atoms with van der Waals surface area (Å²) in [6.45, 7) is 3.10. The maximum absolute atomic E-state index is 12.1. The molecule has 0 radical (unpaired) electrons. The van der Waals surface area contributed by atoms with Crippen molar-refractivity contribution in [2.45, 2.75) is 19.4 Å². The van der Waals surface area contributed by atoms with Crippen molar-refractivity contribution in [1.29, 1.82) is 0 Å². The summed E-state index contributed by atoms with van der Waals surface area (Å²) < 4.78 is 16.2. The highest BCUT2D eigenvalue weighted by Crippen LogP contribution is 2.38. The first-order valence-electron chi connectivity index (χ1n) is 8.53. The Labute approximate surface area is 161 Å². The first kappa shape index (κ1) is 19.0. The lowest BCUT2D eigenvalue weighted by atomic mass is 10.2. The first-order valence-corrected chi connectivity index (χ1v) is 8.90. The van der Waals surface area contributed by atoms with Gasteiger partial charge in [0.05, 0.1) is 18.2 Å². The number of imide groups is 1. The molecule has 3 amide bonds. The van der Waals surface area contributed by atoms with Gasteiger partial charge in [-0.05, 0) is 30.7 Å². The van der Waals surface area contributed by atoms with Gasteiger partial charge >= 0.3 is 12.0 Å². The Kier molecular flexibility index (Phi) is 5.85. The van der Waals surface area contributed by atoms with Crippen molar-refractivity contribution in [3.05, 3.63) is 28.8 Å². The molecule has 0 bridgehead atoms. The number of halogens is 1. The number of benzene rings is 1. The molecule has 0 unspecified atom stereocenters. The SMILES string of the molecule is C[C@H](OC(=O)/C=C/c1cc(Cl)c2c(c1)OCCCO2)C(=O)N1CCNC1=O. The van der Waals surface area contributed by atoms with Gasteiger partial charge in [0.1, 0.15) is 0 Å². The molecular weight excluding hydrogens is 376 g/mol. The van der Waals surface area contributed by atoms with Gasteiger partial charge < -0.3 is 19.5 Å². The molecule has 0 saturated carbocycles. The van der Waals surface area contributed by atoms with Gasteiger partial charge in [0.2, 0.25) is 0 Å². The Morgan fingerprint density at radius 1 is 1.33 bits per heavy atom. The minimum Gasteiger partial charge on any atom is -0.489 e. The van der Waals surface area contributed by atoms with Crippen LogP contribution in [0.5, 0.6) is 11.5 Å². The van der Waals surface area contributed by atoms with E-state index in [2.05, 4.69) is 5.32 Å². The zero-order valence-electron chi connectivity index (χ0n) is 14.7. The number of carbonyl (C=O) groups is 3. The second kappa shape index (κ2) is 8.30. The molecule has 9 heteroatoms. The number of fused-ring (bicyclic) bond motifs is 1. The number of carbonyl (C=O) groups excluding carboxylic acids is 3. The molecule has 1 aromatic carbocycles. The fourth-order valence-electron chi connectivity index (χ4n) is 2.68. The van der Waals surface area contributed by atoms with Crippen LogP contribution < -0.4 is 14.8 Å². The molecule has 3 rings (SSSR count). The molecule has 1 saturated heterocycles. The number of nitrogens with zero attached hydrogens (tertiary/aromatic N) is 1. The summed E-state index contributed by atoms with van der Waals surface area (Å²) in [5, 5.41) is 2.90. The number of amides is 3. The van der Waals surface area contributed by atoms with Crippen molar-refractivity contribution in [2.75, 3.05) is 26.3 Å². The third-order valence-corrected chi connectivity index (χ3v) is 4.28. The second-order valence-corrected chi connectivity index (χ2v) is 6.42. The topological polar surface area (TPSA) is 94.2 Å². The molecule has 144 valence electrons. The number of ether oxygens (including phenoxy) is 3. The van der Waals surface area contributed by atoms with Gasteiger partial charge in [0.15, 0.2) is 17.6 Å². The summed E-state index contributed by atoms with van der Waals surface area (Å²) >= 11 is 6.20. The van der Waals surface area contributed by atoms with E-state index in [0.29, 0.717) is 41.8 Å². The molecule has 1 fully saturated rings. The lowest BCUT2D eigenvalue weighted by molar-refractivity contribution is -0.153. The molecule has 8 nitrogen and oxygen atoms in total. The lowest BCUT2D eigenvalue weighted by Gasteiger charge is -2.17. The van der Waals surface area contributed by atoms with Crippen molar-refractivity contribution >= 4 is 35.6 Å². The fourth-order valence-corrected chi connectivity index (χ4v) is 2.95. The molecule has 2 aliphatic heterocycles. The molecule has 0 aromatic heterocycles. The van der Waals surface area contributed by atoms with Crippen LogP contribution >= 0.6 is 11.6 Å². The Balaban J connectivity index is 1.63. The fraction of sp³-hybridized carbons (Fsp3) is 0.389. The van der Waals surface area contributed by atoms with Crippen LogP contribution in [-0.4, -0.2) is 55.2 Å². The minimum absolute atomic E-state index is 0.255. The van der Waals surface area contributed by atoms with Gasteiger partial charge in [-0.2, -0.15) is 0 Å². The van der Waals surface area contributed by atoms with E-state index in [0.717, 1.165) is 11.3 Å². The zero-order chi connectivity index (χ0) is 19.4. The highest BCUT2D eigenvalue weighted by molar-refractivity contribution is 6.32. The van der Waals surface area contributed by atoms with E-state index in [1.54, 1.807) is 12.1 Å². The number of urea groups is 1. The first-order chi connectivity index (χ1) is 13.0. The van der Waals surface area contributed by atoms with E-state index < -0.39 is 24.0 Å². The molecule has 1 N–H and O–H groups in total. The zero-order valence-corrected chi connectivity index (χ0v) is 15.5. The van der Waals surface area contributed by atoms with E-state index in [9.17, 15) is 14.4 Å². The number of esters is 1. The molecular formula is C18H19ClN2O6. The van der Waals surface area contributed by atoms with Crippen LogP contribution in [0.25, 0.3) is 6.08 Å². The van der Waals surface area contributed by atoms with Crippen molar-refractivity contribution in [3.63, 3.8) is 0 Å². The number of nitrogens with one attached hydrogen (secondary N) is 1. The van der Waals surface area contributed by atoms with Crippen LogP contribution in [-0.2, 0) is 14.3 Å². The monoisotopic (exact) mass is 394 g/mol. The number of rotatable bonds is 4. The molecule has 2 aliphatic rings. The van der Waals surface area contributed by atoms with Gasteiger partial charge in [0.25, 0.3) is 5.91 Å². The van der Waals surface area contributed by atoms with Crippen LogP contribution in [0.2, 0.25) is 5.02 Å². The highest BCUT2D eigenvalue weighted by atomic mass is 35.5. The normalized spacial score (nSPS) is 17.4. The van der Waals surface area contributed by atoms with Gasteiger partial charge in [0, 0.05) is 25.6 Å². The van der Waals surface area contributed by atoms with Gasteiger partial charge in [-0.3, -0.25) is 9.69 Å². The Bertz CT molecular complexity index is 794. The lowest BCUT2D eigenvalue weighted by Crippen LogP contribution is -2.41. The largest absolute Gasteiger partial charge is 0.489 e. The second-order valence-electron chi connectivity index (χ2n) is 6.01. The number of hydrogen-bond acceptors (Lipinski definition) is 6. The maximum Gasteiger partial charge on any atom is 0.331 e. The van der Waals surface area contributed by atoms with Crippen molar-refractivity contribution in [1.82, 2.24) is 10.2 Å². The average Bonchev–Trinajstić information content (AvgIpc) is 2.91. The van der Waals surface area contributed by atoms with Crippen molar-refractivity contribution in [2.24, 2.45) is 0 Å². The molecule has 1 aromatic rings. The Morgan fingerprint density at radius 2 is 2.11 bits per heavy atom.